The minimum atomic E-state index is -0.0859. The Labute approximate surface area is 158 Å². The molecule has 0 fully saturated rings. The molecule has 1 aromatic carbocycles. The van der Waals surface area contributed by atoms with E-state index in [9.17, 15) is 9.59 Å². The molecule has 1 aliphatic rings. The van der Waals surface area contributed by atoms with Crippen LogP contribution in [0.3, 0.4) is 0 Å². The van der Waals surface area contributed by atoms with Crippen LogP contribution in [0.2, 0.25) is 0 Å². The van der Waals surface area contributed by atoms with Crippen molar-refractivity contribution in [3.8, 4) is 5.75 Å². The first kappa shape index (κ1) is 17.1. The molecule has 134 valence electrons. The number of carbonyl (C=O) groups excluding carboxylic acids is 1. The van der Waals surface area contributed by atoms with E-state index in [0.29, 0.717) is 22.0 Å². The van der Waals surface area contributed by atoms with Crippen molar-refractivity contribution in [3.63, 3.8) is 0 Å². The van der Waals surface area contributed by atoms with E-state index >= 15 is 0 Å². The number of hydrogen-bond donors (Lipinski definition) is 1. The lowest BCUT2D eigenvalue weighted by Crippen LogP contribution is -2.33. The van der Waals surface area contributed by atoms with Gasteiger partial charge in [0.05, 0.1) is 23.8 Å². The molecule has 4 rings (SSSR count). The minimum Gasteiger partial charge on any atom is -0.493 e. The number of hydrogen-bond acceptors (Lipinski definition) is 6. The molecule has 1 atom stereocenters. The van der Waals surface area contributed by atoms with Gasteiger partial charge in [-0.25, -0.2) is 4.98 Å². The Morgan fingerprint density at radius 3 is 3.15 bits per heavy atom. The minimum absolute atomic E-state index is 0.0513. The number of nitrogens with zero attached hydrogens (tertiary/aromatic N) is 2. The molecule has 26 heavy (non-hydrogen) atoms. The number of rotatable bonds is 4. The molecule has 2 aromatic heterocycles. The van der Waals surface area contributed by atoms with Gasteiger partial charge in [-0.1, -0.05) is 30.0 Å². The zero-order chi connectivity index (χ0) is 18.1. The number of thiophene rings is 1. The molecule has 0 spiro atoms. The molecule has 1 amide bonds. The van der Waals surface area contributed by atoms with Gasteiger partial charge in [0.1, 0.15) is 10.6 Å². The van der Waals surface area contributed by atoms with Crippen LogP contribution in [0.25, 0.3) is 10.2 Å². The Morgan fingerprint density at radius 2 is 2.27 bits per heavy atom. The monoisotopic (exact) mass is 387 g/mol. The molecule has 1 N–H and O–H groups in total. The number of fused-ring (bicyclic) bond motifs is 2. The largest absolute Gasteiger partial charge is 0.493 e. The lowest BCUT2D eigenvalue weighted by Gasteiger charge is -2.26. The summed E-state index contributed by atoms with van der Waals surface area (Å²) in [4.78, 5) is 29.9. The van der Waals surface area contributed by atoms with Crippen molar-refractivity contribution in [1.82, 2.24) is 14.9 Å². The second-order valence-corrected chi connectivity index (χ2v) is 7.82. The van der Waals surface area contributed by atoms with Crippen LogP contribution in [0.5, 0.6) is 5.75 Å². The second kappa shape index (κ2) is 7.13. The van der Waals surface area contributed by atoms with Gasteiger partial charge in [0.15, 0.2) is 5.16 Å². The first-order chi connectivity index (χ1) is 12.6. The van der Waals surface area contributed by atoms with E-state index in [4.69, 9.17) is 4.74 Å². The summed E-state index contributed by atoms with van der Waals surface area (Å²) >= 11 is 2.70. The number of benzene rings is 1. The molecular formula is C18H17N3O3S2. The van der Waals surface area contributed by atoms with Crippen LogP contribution < -0.4 is 15.6 Å². The molecule has 3 heterocycles. The summed E-state index contributed by atoms with van der Waals surface area (Å²) in [5, 5.41) is 6.07. The van der Waals surface area contributed by atoms with Gasteiger partial charge in [-0.2, -0.15) is 0 Å². The third-order valence-electron chi connectivity index (χ3n) is 4.29. The van der Waals surface area contributed by atoms with Gasteiger partial charge >= 0.3 is 0 Å². The molecule has 3 aromatic rings. The van der Waals surface area contributed by atoms with Crippen molar-refractivity contribution in [2.45, 2.75) is 17.6 Å². The van der Waals surface area contributed by atoms with Gasteiger partial charge in [-0.15, -0.1) is 11.3 Å². The Balaban J connectivity index is 1.45. The van der Waals surface area contributed by atoms with Gasteiger partial charge < -0.3 is 10.1 Å². The molecular weight excluding hydrogens is 370 g/mol. The van der Waals surface area contributed by atoms with E-state index in [1.54, 1.807) is 13.1 Å². The molecule has 0 radical (unpaired) electrons. The van der Waals surface area contributed by atoms with Gasteiger partial charge in [0.2, 0.25) is 5.91 Å². The fourth-order valence-electron chi connectivity index (χ4n) is 2.97. The maximum atomic E-state index is 12.4. The van der Waals surface area contributed by atoms with Gasteiger partial charge in [-0.3, -0.25) is 14.2 Å². The number of ether oxygens (including phenoxy) is 1. The summed E-state index contributed by atoms with van der Waals surface area (Å²) in [6.07, 6.45) is 0.741. The van der Waals surface area contributed by atoms with Crippen LogP contribution in [-0.2, 0) is 11.8 Å². The second-order valence-electron chi connectivity index (χ2n) is 5.98. The maximum Gasteiger partial charge on any atom is 0.262 e. The lowest BCUT2D eigenvalue weighted by molar-refractivity contribution is -0.119. The van der Waals surface area contributed by atoms with E-state index in [-0.39, 0.29) is 23.3 Å². The quantitative estimate of drug-likeness (QED) is 0.550. The highest BCUT2D eigenvalue weighted by atomic mass is 32.2. The van der Waals surface area contributed by atoms with Gasteiger partial charge in [0.25, 0.3) is 5.56 Å². The van der Waals surface area contributed by atoms with Crippen LogP contribution in [0.1, 0.15) is 18.0 Å². The molecule has 1 unspecified atom stereocenters. The van der Waals surface area contributed by atoms with E-state index in [0.717, 1.165) is 17.7 Å². The molecule has 6 nitrogen and oxygen atoms in total. The summed E-state index contributed by atoms with van der Waals surface area (Å²) in [6, 6.07) is 9.48. The van der Waals surface area contributed by atoms with Crippen molar-refractivity contribution in [1.29, 1.82) is 0 Å². The Morgan fingerprint density at radius 1 is 1.42 bits per heavy atom. The normalized spacial score (nSPS) is 16.1. The highest BCUT2D eigenvalue weighted by Gasteiger charge is 2.22. The fourth-order valence-corrected chi connectivity index (χ4v) is 4.56. The number of amides is 1. The number of nitrogens with one attached hydrogen (secondary N) is 1. The molecule has 0 saturated heterocycles. The number of aromatic nitrogens is 2. The summed E-state index contributed by atoms with van der Waals surface area (Å²) in [5.74, 6) is 0.942. The van der Waals surface area contributed by atoms with Crippen LogP contribution in [0, 0.1) is 0 Å². The predicted octanol–water partition coefficient (Wildman–Crippen LogP) is 2.73. The summed E-state index contributed by atoms with van der Waals surface area (Å²) < 4.78 is 7.12. The van der Waals surface area contributed by atoms with Crippen molar-refractivity contribution in [3.05, 3.63) is 51.6 Å². The zero-order valence-corrected chi connectivity index (χ0v) is 15.7. The smallest absolute Gasteiger partial charge is 0.262 e. The van der Waals surface area contributed by atoms with Crippen LogP contribution in [0.15, 0.2) is 45.7 Å². The predicted molar refractivity (Wildman–Crippen MR) is 103 cm³/mol. The van der Waals surface area contributed by atoms with Crippen molar-refractivity contribution >= 4 is 39.2 Å². The molecule has 0 bridgehead atoms. The highest BCUT2D eigenvalue weighted by molar-refractivity contribution is 7.99. The Kier molecular flexibility index (Phi) is 4.69. The molecule has 0 saturated carbocycles. The third-order valence-corrected chi connectivity index (χ3v) is 6.13. The van der Waals surface area contributed by atoms with Crippen molar-refractivity contribution < 1.29 is 9.53 Å². The van der Waals surface area contributed by atoms with Crippen molar-refractivity contribution in [2.75, 3.05) is 12.4 Å². The average molecular weight is 387 g/mol. The first-order valence-corrected chi connectivity index (χ1v) is 10.1. The fraction of sp³-hybridized carbons (Fsp3) is 0.278. The lowest BCUT2D eigenvalue weighted by atomic mass is 10.0. The van der Waals surface area contributed by atoms with E-state index in [1.807, 2.05) is 29.6 Å². The van der Waals surface area contributed by atoms with E-state index in [2.05, 4.69) is 10.3 Å². The van der Waals surface area contributed by atoms with Crippen LogP contribution in [0.4, 0.5) is 0 Å². The number of carbonyl (C=O) groups is 1. The third kappa shape index (κ3) is 3.22. The van der Waals surface area contributed by atoms with E-state index < -0.39 is 0 Å². The first-order valence-electron chi connectivity index (χ1n) is 8.21. The van der Waals surface area contributed by atoms with Gasteiger partial charge in [-0.05, 0) is 17.5 Å². The number of para-hydroxylation sites is 1. The number of thioether (sulfide) groups is 1. The van der Waals surface area contributed by atoms with Crippen LogP contribution in [-0.4, -0.2) is 27.8 Å². The Hall–Kier alpha value is -2.32. The topological polar surface area (TPSA) is 73.2 Å². The highest BCUT2D eigenvalue weighted by Crippen LogP contribution is 2.31. The van der Waals surface area contributed by atoms with Crippen molar-refractivity contribution in [2.24, 2.45) is 7.05 Å². The SMILES string of the molecule is Cn1c(SCC(=O)NC2CCOc3ccccc32)nc2sccc2c1=O. The maximum absolute atomic E-state index is 12.4. The summed E-state index contributed by atoms with van der Waals surface area (Å²) in [6.45, 7) is 0.584. The summed E-state index contributed by atoms with van der Waals surface area (Å²) in [5.41, 5.74) is 0.917. The summed E-state index contributed by atoms with van der Waals surface area (Å²) in [7, 11) is 1.68. The molecule has 8 heteroatoms. The van der Waals surface area contributed by atoms with Gasteiger partial charge in [0, 0.05) is 19.0 Å². The standard InChI is InChI=1S/C18H17N3O3S2/c1-21-17(23)12-7-9-25-16(12)20-18(21)26-10-15(22)19-13-6-8-24-14-5-3-2-4-11(13)14/h2-5,7,9,13H,6,8,10H2,1H3,(H,19,22). The van der Waals surface area contributed by atoms with E-state index in [1.165, 1.54) is 27.7 Å². The Bertz CT molecular complexity index is 1030. The molecule has 1 aliphatic heterocycles. The van der Waals surface area contributed by atoms with Crippen LogP contribution >= 0.6 is 23.1 Å². The average Bonchev–Trinajstić information content (AvgIpc) is 3.12. The molecule has 0 aliphatic carbocycles. The zero-order valence-electron chi connectivity index (χ0n) is 14.1.